The quantitative estimate of drug-likeness (QED) is 0.137. The number of carbonyl (C=O) groups excluding carboxylic acids is 1. The van der Waals surface area contributed by atoms with Crippen molar-refractivity contribution in [2.75, 3.05) is 39.4 Å². The second-order valence-electron chi connectivity index (χ2n) is 14.0. The SMILES string of the molecule is Cc1c(COc2cc3c(cc2Cl)CN[C@H](CO)CCCCNC(=O)c2cncc(c2)CO3)cccc1-c1cccc(OCCCN2CC[C@@H](O)C2)c1C. The molecular formula is C42H51ClN4O6. The maximum atomic E-state index is 12.7. The molecule has 1 saturated heterocycles. The van der Waals surface area contributed by atoms with Crippen molar-refractivity contribution in [2.45, 2.75) is 77.9 Å². The second kappa shape index (κ2) is 18.7. The number of aromatic nitrogens is 1. The number of amides is 1. The number of β-amino-alcohol motifs (C(OH)–C–C–N with tert-alkyl or cyclic N) is 1. The fourth-order valence-corrected chi connectivity index (χ4v) is 7.22. The standard InChI is InChI=1S/C42H51ClN4O6/c1-28-31(8-5-10-36(28)37-11-6-12-39(29(37)2)51-17-7-15-47-16-13-35(49)24-47)27-53-41-20-40-32(19-38(41)43)23-46-34(25-48)9-3-4-14-45-42(50)33-18-30(26-52-40)21-44-22-33/h5-6,8,10-12,18-22,34-35,46,48-49H,3-4,7,9,13-17,23-27H2,1-2H3,(H,45,50)/t34-,35+/m0/s1. The maximum absolute atomic E-state index is 12.7. The highest BCUT2D eigenvalue weighted by molar-refractivity contribution is 6.32. The molecule has 2 aliphatic heterocycles. The number of carbonyl (C=O) groups is 1. The van der Waals surface area contributed by atoms with E-state index in [2.05, 4.69) is 52.6 Å². The average molecular weight is 743 g/mol. The molecule has 0 saturated carbocycles. The van der Waals surface area contributed by atoms with Crippen molar-refractivity contribution in [1.82, 2.24) is 20.5 Å². The van der Waals surface area contributed by atoms with Gasteiger partial charge in [-0.2, -0.15) is 0 Å². The van der Waals surface area contributed by atoms with E-state index in [1.54, 1.807) is 18.5 Å². The van der Waals surface area contributed by atoms with E-state index in [4.69, 9.17) is 25.8 Å². The summed E-state index contributed by atoms with van der Waals surface area (Å²) in [6.07, 6.45) is 7.20. The number of nitrogens with one attached hydrogen (secondary N) is 2. The van der Waals surface area contributed by atoms with Gasteiger partial charge in [-0.15, -0.1) is 0 Å². The predicted molar refractivity (Wildman–Crippen MR) is 207 cm³/mol. The average Bonchev–Trinajstić information content (AvgIpc) is 3.58. The molecule has 4 aromatic rings. The first-order valence-corrected chi connectivity index (χ1v) is 19.0. The first-order valence-electron chi connectivity index (χ1n) is 18.6. The van der Waals surface area contributed by atoms with E-state index in [1.807, 2.05) is 30.3 Å². The fourth-order valence-electron chi connectivity index (χ4n) is 6.98. The van der Waals surface area contributed by atoms with E-state index in [1.165, 1.54) is 0 Å². The molecule has 282 valence electrons. The zero-order valence-electron chi connectivity index (χ0n) is 30.7. The summed E-state index contributed by atoms with van der Waals surface area (Å²) in [4.78, 5) is 19.3. The summed E-state index contributed by atoms with van der Waals surface area (Å²) in [6, 6.07) is 17.8. The number of hydrogen-bond donors (Lipinski definition) is 4. The lowest BCUT2D eigenvalue weighted by Gasteiger charge is -2.20. The molecule has 0 radical (unpaired) electrons. The Bertz CT molecular complexity index is 1850. The number of benzene rings is 3. The van der Waals surface area contributed by atoms with Gasteiger partial charge >= 0.3 is 0 Å². The lowest BCUT2D eigenvalue weighted by atomic mass is 9.93. The number of rotatable bonds is 10. The van der Waals surface area contributed by atoms with Gasteiger partial charge in [-0.3, -0.25) is 9.78 Å². The van der Waals surface area contributed by atoms with Gasteiger partial charge in [-0.05, 0) is 85.5 Å². The van der Waals surface area contributed by atoms with Crippen molar-refractivity contribution in [3.05, 3.63) is 105 Å². The highest BCUT2D eigenvalue weighted by atomic mass is 35.5. The topological polar surface area (TPSA) is 125 Å². The predicted octanol–water partition coefficient (Wildman–Crippen LogP) is 6.38. The molecule has 6 rings (SSSR count). The van der Waals surface area contributed by atoms with E-state index >= 15 is 0 Å². The van der Waals surface area contributed by atoms with Crippen LogP contribution in [-0.4, -0.2) is 77.5 Å². The molecule has 53 heavy (non-hydrogen) atoms. The van der Waals surface area contributed by atoms with Crippen LogP contribution in [-0.2, 0) is 19.8 Å². The molecule has 11 heteroatoms. The van der Waals surface area contributed by atoms with Crippen molar-refractivity contribution >= 4 is 17.5 Å². The molecule has 2 bridgehead atoms. The summed E-state index contributed by atoms with van der Waals surface area (Å²) < 4.78 is 19.0. The van der Waals surface area contributed by atoms with Crippen LogP contribution in [0, 0.1) is 13.8 Å². The number of fused-ring (bicyclic) bond motifs is 3. The number of aliphatic hydroxyl groups is 2. The molecule has 4 N–H and O–H groups in total. The fraction of sp³-hybridized carbons (Fsp3) is 0.429. The van der Waals surface area contributed by atoms with E-state index in [-0.39, 0.29) is 31.3 Å². The Morgan fingerprint density at radius 1 is 1.00 bits per heavy atom. The van der Waals surface area contributed by atoms with Crippen molar-refractivity contribution < 1.29 is 29.2 Å². The number of nitrogens with zero attached hydrogens (tertiary/aromatic N) is 2. The van der Waals surface area contributed by atoms with E-state index in [0.717, 1.165) is 96.4 Å². The van der Waals surface area contributed by atoms with Crippen molar-refractivity contribution in [1.29, 1.82) is 0 Å². The molecule has 3 aromatic carbocycles. The Kier molecular flexibility index (Phi) is 13.6. The summed E-state index contributed by atoms with van der Waals surface area (Å²) >= 11 is 6.84. The van der Waals surface area contributed by atoms with E-state index in [9.17, 15) is 15.0 Å². The largest absolute Gasteiger partial charge is 0.493 e. The zero-order valence-corrected chi connectivity index (χ0v) is 31.5. The maximum Gasteiger partial charge on any atom is 0.252 e. The van der Waals surface area contributed by atoms with Crippen LogP contribution < -0.4 is 24.8 Å². The summed E-state index contributed by atoms with van der Waals surface area (Å²) in [5.41, 5.74) is 7.51. The van der Waals surface area contributed by atoms with Crippen molar-refractivity contribution in [2.24, 2.45) is 0 Å². The molecule has 2 aliphatic rings. The Labute approximate surface area is 317 Å². The molecule has 1 fully saturated rings. The van der Waals surface area contributed by atoms with Crippen LogP contribution in [0.1, 0.15) is 70.3 Å². The van der Waals surface area contributed by atoms with E-state index in [0.29, 0.717) is 48.4 Å². The van der Waals surface area contributed by atoms with Gasteiger partial charge in [0.05, 0.1) is 29.9 Å². The normalized spacial score (nSPS) is 18.5. The van der Waals surface area contributed by atoms with Crippen LogP contribution in [0.25, 0.3) is 11.1 Å². The molecule has 3 heterocycles. The third-order valence-corrected chi connectivity index (χ3v) is 10.5. The van der Waals surface area contributed by atoms with Crippen LogP contribution in [0.3, 0.4) is 0 Å². The van der Waals surface area contributed by atoms with Crippen LogP contribution in [0.15, 0.2) is 67.0 Å². The van der Waals surface area contributed by atoms with Crippen molar-refractivity contribution in [3.63, 3.8) is 0 Å². The molecule has 0 unspecified atom stereocenters. The third-order valence-electron chi connectivity index (χ3n) is 10.2. The molecule has 0 aliphatic carbocycles. The second-order valence-corrected chi connectivity index (χ2v) is 14.4. The minimum absolute atomic E-state index is 0.00568. The lowest BCUT2D eigenvalue weighted by molar-refractivity contribution is 0.0952. The number of hydrogen-bond acceptors (Lipinski definition) is 9. The third kappa shape index (κ3) is 10.3. The van der Waals surface area contributed by atoms with Crippen LogP contribution >= 0.6 is 11.6 Å². The Morgan fingerprint density at radius 2 is 1.83 bits per heavy atom. The highest BCUT2D eigenvalue weighted by Crippen LogP contribution is 2.36. The summed E-state index contributed by atoms with van der Waals surface area (Å²) in [7, 11) is 0. The minimum atomic E-state index is -0.205. The Hall–Kier alpha value is -4.19. The van der Waals surface area contributed by atoms with Gasteiger partial charge < -0.3 is 40.0 Å². The summed E-state index contributed by atoms with van der Waals surface area (Å²) in [5.74, 6) is 1.78. The number of aliphatic hydroxyl groups excluding tert-OH is 2. The smallest absolute Gasteiger partial charge is 0.252 e. The van der Waals surface area contributed by atoms with Crippen LogP contribution in [0.4, 0.5) is 0 Å². The number of ether oxygens (including phenoxy) is 3. The number of halogens is 1. The Morgan fingerprint density at radius 3 is 2.64 bits per heavy atom. The zero-order chi connectivity index (χ0) is 37.2. The van der Waals surface area contributed by atoms with Gasteiger partial charge in [0.2, 0.25) is 0 Å². The first kappa shape index (κ1) is 38.5. The molecule has 0 spiro atoms. The summed E-state index contributed by atoms with van der Waals surface area (Å²) in [5, 5.41) is 26.7. The first-order chi connectivity index (χ1) is 25.8. The van der Waals surface area contributed by atoms with Gasteiger partial charge in [0, 0.05) is 68.4 Å². The monoisotopic (exact) mass is 742 g/mol. The van der Waals surface area contributed by atoms with E-state index < -0.39 is 0 Å². The molecule has 2 atom stereocenters. The van der Waals surface area contributed by atoms with Gasteiger partial charge in [0.15, 0.2) is 0 Å². The van der Waals surface area contributed by atoms with Crippen LogP contribution in [0.2, 0.25) is 5.02 Å². The number of likely N-dealkylation sites (tertiary alicyclic amines) is 1. The number of pyridine rings is 1. The van der Waals surface area contributed by atoms with Gasteiger partial charge in [0.25, 0.3) is 5.91 Å². The Balaban J connectivity index is 1.17. The summed E-state index contributed by atoms with van der Waals surface area (Å²) in [6.45, 7) is 8.92. The molecule has 1 aromatic heterocycles. The van der Waals surface area contributed by atoms with Gasteiger partial charge in [-0.1, -0.05) is 48.4 Å². The lowest BCUT2D eigenvalue weighted by Crippen LogP contribution is -2.32. The van der Waals surface area contributed by atoms with Crippen LogP contribution in [0.5, 0.6) is 17.2 Å². The molecular weight excluding hydrogens is 692 g/mol. The highest BCUT2D eigenvalue weighted by Gasteiger charge is 2.20. The molecule has 10 nitrogen and oxygen atoms in total. The minimum Gasteiger partial charge on any atom is -0.493 e. The van der Waals surface area contributed by atoms with Gasteiger partial charge in [-0.25, -0.2) is 0 Å². The van der Waals surface area contributed by atoms with Crippen molar-refractivity contribution in [3.8, 4) is 28.4 Å². The molecule has 1 amide bonds. The van der Waals surface area contributed by atoms with Gasteiger partial charge in [0.1, 0.15) is 30.5 Å².